The molecule has 0 aromatic heterocycles. The lowest BCUT2D eigenvalue weighted by atomic mass is 10.1. The van der Waals surface area contributed by atoms with Gasteiger partial charge in [-0.25, -0.2) is 0 Å². The second-order valence-electron chi connectivity index (χ2n) is 4.29. The zero-order chi connectivity index (χ0) is 13.0. The Hall–Kier alpha value is -1.26. The molecule has 0 bridgehead atoms. The molecule has 0 saturated carbocycles. The number of benzene rings is 1. The third kappa shape index (κ3) is 4.20. The lowest BCUT2D eigenvalue weighted by Crippen LogP contribution is -2.19. The fraction of sp³-hybridized carbons (Fsp3) is 0.462. The molecule has 0 aliphatic carbocycles. The number of Topliss-reactive ketones (excluding diaryl/α,β-unsaturated/α-hetero) is 1. The van der Waals surface area contributed by atoms with Crippen molar-refractivity contribution in [3.05, 3.63) is 23.3 Å². The molecule has 18 heavy (non-hydrogen) atoms. The number of aromatic hydroxyl groups is 1. The Labute approximate surface area is 114 Å². The quantitative estimate of drug-likeness (QED) is 0.836. The van der Waals surface area contributed by atoms with Gasteiger partial charge in [0.25, 0.3) is 0 Å². The molecule has 0 heterocycles. The first-order chi connectivity index (χ1) is 7.93. The average molecular weight is 274 g/mol. The molecule has 0 aliphatic rings. The fourth-order valence-corrected chi connectivity index (χ4v) is 1.46. The second kappa shape index (κ2) is 7.24. The first-order valence-electron chi connectivity index (χ1n) is 5.54. The van der Waals surface area contributed by atoms with Crippen LogP contribution in [0.2, 0.25) is 0 Å². The predicted octanol–water partition coefficient (Wildman–Crippen LogP) is 2.27. The standard InChI is InChI=1S/C13H19NO3.ClH/c1-9-12(17-8-7-14(3)4)6-5-11(10(2)15)13(9)16;/h5-6,16H,7-8H2,1-4H3;1H. The molecule has 0 atom stereocenters. The molecule has 1 aromatic rings. The van der Waals surface area contributed by atoms with E-state index in [-0.39, 0.29) is 23.9 Å². The highest BCUT2D eigenvalue weighted by Gasteiger charge is 2.12. The van der Waals surface area contributed by atoms with Crippen LogP contribution in [0.4, 0.5) is 0 Å². The number of hydrogen-bond donors (Lipinski definition) is 1. The Kier molecular flexibility index (Phi) is 6.73. The summed E-state index contributed by atoms with van der Waals surface area (Å²) in [7, 11) is 3.93. The normalized spacial score (nSPS) is 10.1. The number of ketones is 1. The molecular weight excluding hydrogens is 254 g/mol. The molecule has 1 rings (SSSR count). The Balaban J connectivity index is 0.00000289. The number of phenolic OH excluding ortho intramolecular Hbond substituents is 1. The van der Waals surface area contributed by atoms with Gasteiger partial charge in [-0.2, -0.15) is 0 Å². The summed E-state index contributed by atoms with van der Waals surface area (Å²) in [5, 5.41) is 9.85. The molecule has 0 fully saturated rings. The van der Waals surface area contributed by atoms with Crippen LogP contribution in [0.15, 0.2) is 12.1 Å². The van der Waals surface area contributed by atoms with Crippen LogP contribution in [0.1, 0.15) is 22.8 Å². The number of rotatable bonds is 5. The van der Waals surface area contributed by atoms with E-state index in [1.807, 2.05) is 19.0 Å². The van der Waals surface area contributed by atoms with Gasteiger partial charge in [0.2, 0.25) is 0 Å². The van der Waals surface area contributed by atoms with Gasteiger partial charge in [-0.05, 0) is 40.1 Å². The number of carbonyl (C=O) groups is 1. The van der Waals surface area contributed by atoms with Crippen molar-refractivity contribution in [2.75, 3.05) is 27.2 Å². The SMILES string of the molecule is CC(=O)c1ccc(OCCN(C)C)c(C)c1O.Cl. The third-order valence-corrected chi connectivity index (χ3v) is 2.56. The molecule has 102 valence electrons. The summed E-state index contributed by atoms with van der Waals surface area (Å²) >= 11 is 0. The van der Waals surface area contributed by atoms with Crippen LogP contribution in [-0.2, 0) is 0 Å². The average Bonchev–Trinajstić information content (AvgIpc) is 2.23. The smallest absolute Gasteiger partial charge is 0.163 e. The van der Waals surface area contributed by atoms with Gasteiger partial charge in [0, 0.05) is 12.1 Å². The summed E-state index contributed by atoms with van der Waals surface area (Å²) in [5.74, 6) is 0.486. The summed E-state index contributed by atoms with van der Waals surface area (Å²) in [6, 6.07) is 3.32. The van der Waals surface area contributed by atoms with E-state index in [9.17, 15) is 9.90 Å². The van der Waals surface area contributed by atoms with E-state index in [1.54, 1.807) is 19.1 Å². The first kappa shape index (κ1) is 16.7. The number of ether oxygens (including phenoxy) is 1. The number of halogens is 1. The lowest BCUT2D eigenvalue weighted by molar-refractivity contribution is 0.101. The second-order valence-corrected chi connectivity index (χ2v) is 4.29. The number of hydrogen-bond acceptors (Lipinski definition) is 4. The number of nitrogens with zero attached hydrogens (tertiary/aromatic N) is 1. The van der Waals surface area contributed by atoms with Gasteiger partial charge in [-0.3, -0.25) is 4.79 Å². The summed E-state index contributed by atoms with van der Waals surface area (Å²) in [4.78, 5) is 13.2. The molecular formula is C13H20ClNO3. The van der Waals surface area contributed by atoms with E-state index in [1.165, 1.54) is 6.92 Å². The van der Waals surface area contributed by atoms with Crippen LogP contribution < -0.4 is 4.74 Å². The van der Waals surface area contributed by atoms with Crippen LogP contribution >= 0.6 is 12.4 Å². The van der Waals surface area contributed by atoms with Crippen molar-refractivity contribution in [1.29, 1.82) is 0 Å². The van der Waals surface area contributed by atoms with Crippen LogP contribution in [0.5, 0.6) is 11.5 Å². The van der Waals surface area contributed by atoms with Gasteiger partial charge in [-0.15, -0.1) is 12.4 Å². The van der Waals surface area contributed by atoms with Crippen LogP contribution in [0, 0.1) is 6.92 Å². The lowest BCUT2D eigenvalue weighted by Gasteiger charge is -2.14. The predicted molar refractivity (Wildman–Crippen MR) is 74.1 cm³/mol. The minimum atomic E-state index is -0.148. The first-order valence-corrected chi connectivity index (χ1v) is 5.54. The summed E-state index contributed by atoms with van der Waals surface area (Å²) in [6.07, 6.45) is 0. The van der Waals surface area contributed by atoms with Gasteiger partial charge >= 0.3 is 0 Å². The van der Waals surface area contributed by atoms with Gasteiger partial charge in [0.15, 0.2) is 5.78 Å². The molecule has 0 amide bonds. The van der Waals surface area contributed by atoms with Crippen molar-refractivity contribution in [3.63, 3.8) is 0 Å². The maximum atomic E-state index is 11.2. The molecule has 0 unspecified atom stereocenters. The van der Waals surface area contributed by atoms with E-state index >= 15 is 0 Å². The van der Waals surface area contributed by atoms with E-state index in [2.05, 4.69) is 0 Å². The zero-order valence-corrected chi connectivity index (χ0v) is 12.0. The zero-order valence-electron chi connectivity index (χ0n) is 11.2. The van der Waals surface area contributed by atoms with Gasteiger partial charge in [0.1, 0.15) is 18.1 Å². The molecule has 0 aliphatic heterocycles. The molecule has 0 saturated heterocycles. The van der Waals surface area contributed by atoms with Crippen molar-refractivity contribution < 1.29 is 14.6 Å². The number of likely N-dealkylation sites (N-methyl/N-ethyl adjacent to an activating group) is 1. The van der Waals surface area contributed by atoms with E-state index in [0.29, 0.717) is 23.5 Å². The van der Waals surface area contributed by atoms with Crippen LogP contribution in [-0.4, -0.2) is 43.0 Å². The van der Waals surface area contributed by atoms with E-state index < -0.39 is 0 Å². The summed E-state index contributed by atoms with van der Waals surface area (Å²) in [5.41, 5.74) is 0.943. The summed E-state index contributed by atoms with van der Waals surface area (Å²) < 4.78 is 5.55. The Morgan fingerprint density at radius 2 is 2.00 bits per heavy atom. The van der Waals surface area contributed by atoms with Crippen molar-refractivity contribution in [2.24, 2.45) is 0 Å². The van der Waals surface area contributed by atoms with E-state index in [0.717, 1.165) is 6.54 Å². The highest BCUT2D eigenvalue weighted by Crippen LogP contribution is 2.30. The number of carbonyl (C=O) groups excluding carboxylic acids is 1. The van der Waals surface area contributed by atoms with Crippen LogP contribution in [0.3, 0.4) is 0 Å². The van der Waals surface area contributed by atoms with Crippen molar-refractivity contribution in [3.8, 4) is 11.5 Å². The molecule has 1 N–H and O–H groups in total. The third-order valence-electron chi connectivity index (χ3n) is 2.56. The largest absolute Gasteiger partial charge is 0.507 e. The van der Waals surface area contributed by atoms with Crippen molar-refractivity contribution >= 4 is 18.2 Å². The van der Waals surface area contributed by atoms with Gasteiger partial charge in [0.05, 0.1) is 5.56 Å². The maximum absolute atomic E-state index is 11.2. The fourth-order valence-electron chi connectivity index (χ4n) is 1.46. The maximum Gasteiger partial charge on any atom is 0.163 e. The molecule has 0 radical (unpaired) electrons. The minimum absolute atomic E-state index is 0. The molecule has 5 heteroatoms. The summed E-state index contributed by atoms with van der Waals surface area (Å²) in [6.45, 7) is 4.52. The molecule has 4 nitrogen and oxygen atoms in total. The Morgan fingerprint density at radius 1 is 1.39 bits per heavy atom. The topological polar surface area (TPSA) is 49.8 Å². The number of phenols is 1. The minimum Gasteiger partial charge on any atom is -0.507 e. The highest BCUT2D eigenvalue weighted by molar-refractivity contribution is 5.97. The Morgan fingerprint density at radius 3 is 2.50 bits per heavy atom. The molecule has 1 aromatic carbocycles. The van der Waals surface area contributed by atoms with Crippen molar-refractivity contribution in [2.45, 2.75) is 13.8 Å². The Bertz CT molecular complexity index is 419. The van der Waals surface area contributed by atoms with Gasteiger partial charge in [-0.1, -0.05) is 0 Å². The monoisotopic (exact) mass is 273 g/mol. The van der Waals surface area contributed by atoms with Gasteiger partial charge < -0.3 is 14.7 Å². The van der Waals surface area contributed by atoms with Crippen LogP contribution in [0.25, 0.3) is 0 Å². The van der Waals surface area contributed by atoms with E-state index in [4.69, 9.17) is 4.74 Å². The molecule has 0 spiro atoms. The van der Waals surface area contributed by atoms with Crippen molar-refractivity contribution in [1.82, 2.24) is 4.90 Å². The highest BCUT2D eigenvalue weighted by atomic mass is 35.5.